The van der Waals surface area contributed by atoms with Gasteiger partial charge in [-0.25, -0.2) is 0 Å². The van der Waals surface area contributed by atoms with Crippen LogP contribution in [0.1, 0.15) is 44.0 Å². The summed E-state index contributed by atoms with van der Waals surface area (Å²) in [5.41, 5.74) is 5.11. The zero-order chi connectivity index (χ0) is 19.6. The summed E-state index contributed by atoms with van der Waals surface area (Å²) in [5, 5.41) is 14.5. The number of Topliss-reactive ketones (excluding diaryl/α,β-unsaturated/α-hetero) is 1. The third kappa shape index (κ3) is 2.34. The number of carbonyl (C=O) groups excluding carboxylic acids is 1. The van der Waals surface area contributed by atoms with Gasteiger partial charge in [-0.15, -0.1) is 0 Å². The first-order chi connectivity index (χ1) is 12.7. The minimum absolute atomic E-state index is 0.0365. The van der Waals surface area contributed by atoms with Crippen LogP contribution in [0.4, 0.5) is 0 Å². The van der Waals surface area contributed by atoms with Crippen molar-refractivity contribution in [2.45, 2.75) is 46.0 Å². The lowest BCUT2D eigenvalue weighted by atomic mass is 9.52. The number of aromatic nitrogens is 2. The van der Waals surface area contributed by atoms with Gasteiger partial charge in [0.05, 0.1) is 17.0 Å². The highest BCUT2D eigenvalue weighted by molar-refractivity contribution is 6.04. The summed E-state index contributed by atoms with van der Waals surface area (Å²) < 4.78 is 1.96. The Morgan fingerprint density at radius 1 is 1.22 bits per heavy atom. The van der Waals surface area contributed by atoms with Crippen LogP contribution >= 0.6 is 0 Å². The number of carbonyl (C=O) groups is 1. The van der Waals surface area contributed by atoms with Gasteiger partial charge in [-0.2, -0.15) is 10.4 Å². The molecule has 2 aromatic rings. The van der Waals surface area contributed by atoms with Gasteiger partial charge in [-0.3, -0.25) is 9.48 Å². The van der Waals surface area contributed by atoms with E-state index in [1.165, 1.54) is 11.1 Å². The van der Waals surface area contributed by atoms with Crippen LogP contribution in [0.5, 0.6) is 0 Å². The topological polar surface area (TPSA) is 58.7 Å². The zero-order valence-corrected chi connectivity index (χ0v) is 16.6. The van der Waals surface area contributed by atoms with Crippen LogP contribution in [0, 0.1) is 29.6 Å². The molecule has 0 N–H and O–H groups in total. The van der Waals surface area contributed by atoms with Gasteiger partial charge in [0.25, 0.3) is 0 Å². The van der Waals surface area contributed by atoms with Gasteiger partial charge in [-0.1, -0.05) is 56.7 Å². The zero-order valence-electron chi connectivity index (χ0n) is 16.6. The average molecular weight is 359 g/mol. The SMILES string of the molecule is Cc1ccc(-c2c3c(nn2C)[C@@]2(C)C=C(C#N)C(=O)C(C)(C)C2CC3)cc1. The molecule has 4 nitrogen and oxygen atoms in total. The number of aryl methyl sites for hydroxylation is 2. The van der Waals surface area contributed by atoms with E-state index in [0.29, 0.717) is 0 Å². The van der Waals surface area contributed by atoms with E-state index in [9.17, 15) is 10.1 Å². The first-order valence-electron chi connectivity index (χ1n) is 9.51. The molecule has 2 aliphatic carbocycles. The molecule has 1 aromatic carbocycles. The molecule has 2 atom stereocenters. The molecule has 1 unspecified atom stereocenters. The van der Waals surface area contributed by atoms with Crippen LogP contribution < -0.4 is 0 Å². The minimum atomic E-state index is -0.562. The van der Waals surface area contributed by atoms with Crippen molar-refractivity contribution in [3.8, 4) is 17.3 Å². The predicted octanol–water partition coefficient (Wildman–Crippen LogP) is 4.27. The van der Waals surface area contributed by atoms with Gasteiger partial charge in [0.1, 0.15) is 6.07 Å². The molecule has 2 aliphatic rings. The fourth-order valence-corrected chi connectivity index (χ4v) is 5.30. The van der Waals surface area contributed by atoms with E-state index >= 15 is 0 Å². The van der Waals surface area contributed by atoms with Crippen LogP contribution in [0.2, 0.25) is 0 Å². The molecular formula is C23H25N3O. The summed E-state index contributed by atoms with van der Waals surface area (Å²) in [6.07, 6.45) is 3.70. The lowest BCUT2D eigenvalue weighted by molar-refractivity contribution is -0.128. The van der Waals surface area contributed by atoms with E-state index in [0.717, 1.165) is 29.8 Å². The molecule has 0 radical (unpaired) electrons. The highest BCUT2D eigenvalue weighted by atomic mass is 16.1. The molecule has 0 saturated heterocycles. The van der Waals surface area contributed by atoms with Gasteiger partial charge in [0.15, 0.2) is 5.78 Å². The summed E-state index contributed by atoms with van der Waals surface area (Å²) in [7, 11) is 1.99. The van der Waals surface area contributed by atoms with Gasteiger partial charge in [0, 0.05) is 29.0 Å². The van der Waals surface area contributed by atoms with E-state index in [1.54, 1.807) is 0 Å². The van der Waals surface area contributed by atoms with Crippen molar-refractivity contribution in [3.63, 3.8) is 0 Å². The van der Waals surface area contributed by atoms with Crippen molar-refractivity contribution in [3.05, 3.63) is 52.7 Å². The summed E-state index contributed by atoms with van der Waals surface area (Å²) in [6.45, 7) is 8.20. The average Bonchev–Trinajstić information content (AvgIpc) is 2.96. The number of benzene rings is 1. The van der Waals surface area contributed by atoms with Crippen molar-refractivity contribution in [1.82, 2.24) is 9.78 Å². The first kappa shape index (κ1) is 17.7. The molecule has 0 saturated carbocycles. The minimum Gasteiger partial charge on any atom is -0.293 e. The number of nitrogens with zero attached hydrogens (tertiary/aromatic N) is 3. The molecule has 4 rings (SSSR count). The van der Waals surface area contributed by atoms with Crippen molar-refractivity contribution in [2.24, 2.45) is 18.4 Å². The number of fused-ring (bicyclic) bond motifs is 3. The number of nitriles is 1. The summed E-state index contributed by atoms with van der Waals surface area (Å²) in [5.74, 6) is 0.105. The van der Waals surface area contributed by atoms with Gasteiger partial charge in [0.2, 0.25) is 0 Å². The number of ketones is 1. The van der Waals surface area contributed by atoms with Crippen molar-refractivity contribution in [1.29, 1.82) is 5.26 Å². The van der Waals surface area contributed by atoms with Crippen LogP contribution in [-0.4, -0.2) is 15.6 Å². The fourth-order valence-electron chi connectivity index (χ4n) is 5.30. The molecule has 138 valence electrons. The monoisotopic (exact) mass is 359 g/mol. The second-order valence-electron chi connectivity index (χ2n) is 8.76. The van der Waals surface area contributed by atoms with E-state index < -0.39 is 10.8 Å². The summed E-state index contributed by atoms with van der Waals surface area (Å²) in [6, 6.07) is 10.7. The Morgan fingerprint density at radius 3 is 2.52 bits per heavy atom. The maximum atomic E-state index is 12.8. The summed E-state index contributed by atoms with van der Waals surface area (Å²) >= 11 is 0. The van der Waals surface area contributed by atoms with E-state index in [1.807, 2.05) is 31.7 Å². The Bertz CT molecular complexity index is 1020. The highest BCUT2D eigenvalue weighted by Gasteiger charge is 2.55. The molecule has 0 amide bonds. The van der Waals surface area contributed by atoms with Crippen LogP contribution in [0.3, 0.4) is 0 Å². The highest BCUT2D eigenvalue weighted by Crippen LogP contribution is 2.55. The summed E-state index contributed by atoms with van der Waals surface area (Å²) in [4.78, 5) is 12.8. The fraction of sp³-hybridized carbons (Fsp3) is 0.435. The number of allylic oxidation sites excluding steroid dienone is 2. The maximum Gasteiger partial charge on any atom is 0.178 e. The molecule has 4 heteroatoms. The second-order valence-corrected chi connectivity index (χ2v) is 8.76. The lowest BCUT2D eigenvalue weighted by Gasteiger charge is -2.49. The number of hydrogen-bond donors (Lipinski definition) is 0. The van der Waals surface area contributed by atoms with Crippen molar-refractivity contribution < 1.29 is 4.79 Å². The Balaban J connectivity index is 1.95. The van der Waals surface area contributed by atoms with Crippen LogP contribution in [-0.2, 0) is 23.7 Å². The lowest BCUT2D eigenvalue weighted by Crippen LogP contribution is -2.51. The van der Waals surface area contributed by atoms with Gasteiger partial charge < -0.3 is 0 Å². The molecular weight excluding hydrogens is 334 g/mol. The molecule has 0 fully saturated rings. The molecule has 27 heavy (non-hydrogen) atoms. The molecule has 0 bridgehead atoms. The Hall–Kier alpha value is -2.67. The van der Waals surface area contributed by atoms with E-state index in [2.05, 4.69) is 44.2 Å². The third-order valence-corrected chi connectivity index (χ3v) is 6.65. The van der Waals surface area contributed by atoms with Crippen molar-refractivity contribution in [2.75, 3.05) is 0 Å². The first-order valence-corrected chi connectivity index (χ1v) is 9.51. The van der Waals surface area contributed by atoms with E-state index in [4.69, 9.17) is 5.10 Å². The normalized spacial score (nSPS) is 26.0. The molecule has 1 aromatic heterocycles. The van der Waals surface area contributed by atoms with Crippen molar-refractivity contribution >= 4 is 5.78 Å². The maximum absolute atomic E-state index is 12.8. The molecule has 0 aliphatic heterocycles. The Labute approximate surface area is 160 Å². The van der Waals surface area contributed by atoms with E-state index in [-0.39, 0.29) is 17.3 Å². The molecule has 1 heterocycles. The largest absolute Gasteiger partial charge is 0.293 e. The quantitative estimate of drug-likeness (QED) is 0.764. The second kappa shape index (κ2) is 5.66. The van der Waals surface area contributed by atoms with Crippen LogP contribution in [0.15, 0.2) is 35.9 Å². The predicted molar refractivity (Wildman–Crippen MR) is 105 cm³/mol. The molecule has 0 spiro atoms. The van der Waals surface area contributed by atoms with Gasteiger partial charge in [-0.05, 0) is 25.7 Å². The smallest absolute Gasteiger partial charge is 0.178 e. The number of hydrogen-bond acceptors (Lipinski definition) is 3. The third-order valence-electron chi connectivity index (χ3n) is 6.65. The Kier molecular flexibility index (Phi) is 3.72. The Morgan fingerprint density at radius 2 is 1.89 bits per heavy atom. The number of rotatable bonds is 1. The van der Waals surface area contributed by atoms with Crippen LogP contribution in [0.25, 0.3) is 11.3 Å². The van der Waals surface area contributed by atoms with Gasteiger partial charge >= 0.3 is 0 Å². The standard InChI is InChI=1S/C23H25N3O/c1-14-6-8-15(9-7-14)19-17-10-11-18-22(2,3)21(27)16(13-24)12-23(18,4)20(17)25-26(19)5/h6-9,12,18H,10-11H2,1-5H3/t18?,23-/m0/s1.